The van der Waals surface area contributed by atoms with Crippen molar-refractivity contribution >= 4 is 11.3 Å². The van der Waals surface area contributed by atoms with E-state index in [4.69, 9.17) is 4.52 Å². The molecule has 1 atom stereocenters. The monoisotopic (exact) mass is 279 g/mol. The predicted octanol–water partition coefficient (Wildman–Crippen LogP) is 2.00. The van der Waals surface area contributed by atoms with Crippen LogP contribution in [-0.2, 0) is 6.54 Å². The summed E-state index contributed by atoms with van der Waals surface area (Å²) in [7, 11) is 1.96. The quantitative estimate of drug-likeness (QED) is 0.876. The molecule has 19 heavy (non-hydrogen) atoms. The van der Waals surface area contributed by atoms with E-state index in [2.05, 4.69) is 10.1 Å². The second-order valence-electron chi connectivity index (χ2n) is 5.09. The van der Waals surface area contributed by atoms with Gasteiger partial charge in [-0.3, -0.25) is 4.90 Å². The Labute approximate surface area is 115 Å². The lowest BCUT2D eigenvalue weighted by molar-refractivity contribution is 0.0992. The highest BCUT2D eigenvalue weighted by Gasteiger charge is 2.30. The first-order chi connectivity index (χ1) is 9.22. The molecule has 0 aliphatic heterocycles. The van der Waals surface area contributed by atoms with Crippen LogP contribution in [0.15, 0.2) is 22.0 Å². The van der Waals surface area contributed by atoms with Crippen LogP contribution < -0.4 is 0 Å². The molecule has 102 valence electrons. The second kappa shape index (κ2) is 5.40. The van der Waals surface area contributed by atoms with Crippen LogP contribution in [0, 0.1) is 5.92 Å². The Morgan fingerprint density at radius 2 is 2.42 bits per heavy atom. The van der Waals surface area contributed by atoms with E-state index in [9.17, 15) is 5.11 Å². The zero-order valence-corrected chi connectivity index (χ0v) is 11.6. The lowest BCUT2D eigenvalue weighted by Crippen LogP contribution is -2.30. The molecule has 6 heteroatoms. The standard InChI is InChI=1S/C13H17N3O2S/c1-16(7-10(17)9-4-5-9)8-12-14-13(15-18-12)11-3-2-6-19-11/h2-3,6,9-10,17H,4-5,7-8H2,1H3. The fraction of sp³-hybridized carbons (Fsp3) is 0.538. The van der Waals surface area contributed by atoms with E-state index in [0.29, 0.717) is 30.7 Å². The summed E-state index contributed by atoms with van der Waals surface area (Å²) in [5, 5.41) is 15.8. The zero-order valence-electron chi connectivity index (χ0n) is 10.8. The lowest BCUT2D eigenvalue weighted by Gasteiger charge is -2.18. The minimum Gasteiger partial charge on any atom is -0.392 e. The van der Waals surface area contributed by atoms with Gasteiger partial charge >= 0.3 is 0 Å². The average molecular weight is 279 g/mol. The van der Waals surface area contributed by atoms with Gasteiger partial charge in [0.2, 0.25) is 11.7 Å². The number of aromatic nitrogens is 2. The van der Waals surface area contributed by atoms with Gasteiger partial charge in [0.15, 0.2) is 0 Å². The van der Waals surface area contributed by atoms with Crippen molar-refractivity contribution in [1.29, 1.82) is 0 Å². The van der Waals surface area contributed by atoms with Crippen molar-refractivity contribution in [2.75, 3.05) is 13.6 Å². The molecule has 1 saturated carbocycles. The summed E-state index contributed by atoms with van der Waals surface area (Å²) < 4.78 is 5.24. The highest BCUT2D eigenvalue weighted by molar-refractivity contribution is 7.13. The van der Waals surface area contributed by atoms with Gasteiger partial charge in [-0.05, 0) is 37.3 Å². The summed E-state index contributed by atoms with van der Waals surface area (Å²) >= 11 is 1.59. The van der Waals surface area contributed by atoms with E-state index in [0.717, 1.165) is 17.7 Å². The molecular weight excluding hydrogens is 262 g/mol. The fourth-order valence-corrected chi connectivity index (χ4v) is 2.72. The molecule has 0 saturated heterocycles. The molecule has 1 N–H and O–H groups in total. The third-order valence-electron chi connectivity index (χ3n) is 3.28. The second-order valence-corrected chi connectivity index (χ2v) is 6.04. The van der Waals surface area contributed by atoms with E-state index < -0.39 is 0 Å². The Hall–Kier alpha value is -1.24. The number of rotatable bonds is 6. The molecule has 2 aromatic rings. The van der Waals surface area contributed by atoms with E-state index >= 15 is 0 Å². The normalized spacial score (nSPS) is 17.0. The Morgan fingerprint density at radius 1 is 1.58 bits per heavy atom. The summed E-state index contributed by atoms with van der Waals surface area (Å²) in [6.45, 7) is 1.23. The van der Waals surface area contributed by atoms with Gasteiger partial charge in [0.05, 0.1) is 17.5 Å². The van der Waals surface area contributed by atoms with Gasteiger partial charge in [-0.2, -0.15) is 4.98 Å². The average Bonchev–Trinajstić information content (AvgIpc) is 2.89. The van der Waals surface area contributed by atoms with Crippen molar-refractivity contribution in [3.63, 3.8) is 0 Å². The van der Waals surface area contributed by atoms with Crippen LogP contribution in [0.25, 0.3) is 10.7 Å². The van der Waals surface area contributed by atoms with Gasteiger partial charge < -0.3 is 9.63 Å². The van der Waals surface area contributed by atoms with Gasteiger partial charge in [-0.1, -0.05) is 11.2 Å². The van der Waals surface area contributed by atoms with E-state index in [1.807, 2.05) is 29.5 Å². The number of hydrogen-bond acceptors (Lipinski definition) is 6. The summed E-state index contributed by atoms with van der Waals surface area (Å²) in [6.07, 6.45) is 2.07. The first-order valence-corrected chi connectivity index (χ1v) is 7.33. The Kier molecular flexibility index (Phi) is 3.63. The van der Waals surface area contributed by atoms with Gasteiger partial charge in [-0.25, -0.2) is 0 Å². The number of likely N-dealkylation sites (N-methyl/N-ethyl adjacent to an activating group) is 1. The molecule has 1 fully saturated rings. The minimum absolute atomic E-state index is 0.232. The maximum atomic E-state index is 9.89. The molecule has 0 amide bonds. The summed E-state index contributed by atoms with van der Waals surface area (Å²) in [5.74, 6) is 1.72. The van der Waals surface area contributed by atoms with Crippen molar-refractivity contribution in [3.8, 4) is 10.7 Å². The molecule has 5 nitrogen and oxygen atoms in total. The highest BCUT2D eigenvalue weighted by Crippen LogP contribution is 2.32. The molecule has 2 heterocycles. The molecule has 1 aliphatic rings. The van der Waals surface area contributed by atoms with Crippen molar-refractivity contribution in [2.45, 2.75) is 25.5 Å². The third kappa shape index (κ3) is 3.20. The molecule has 0 aromatic carbocycles. The lowest BCUT2D eigenvalue weighted by atomic mass is 10.2. The molecule has 2 aromatic heterocycles. The van der Waals surface area contributed by atoms with Crippen LogP contribution in [0.4, 0.5) is 0 Å². The van der Waals surface area contributed by atoms with Crippen LogP contribution in [0.2, 0.25) is 0 Å². The van der Waals surface area contributed by atoms with Crippen LogP contribution in [0.1, 0.15) is 18.7 Å². The minimum atomic E-state index is -0.232. The van der Waals surface area contributed by atoms with Crippen molar-refractivity contribution < 1.29 is 9.63 Å². The first-order valence-electron chi connectivity index (χ1n) is 6.45. The number of nitrogens with zero attached hydrogens (tertiary/aromatic N) is 3. The maximum absolute atomic E-state index is 9.89. The number of aliphatic hydroxyl groups is 1. The predicted molar refractivity (Wildman–Crippen MR) is 72.7 cm³/mol. The molecule has 3 rings (SSSR count). The number of aliphatic hydroxyl groups excluding tert-OH is 1. The first kappa shape index (κ1) is 12.8. The van der Waals surface area contributed by atoms with Gasteiger partial charge in [0.25, 0.3) is 0 Å². The molecule has 0 spiro atoms. The largest absolute Gasteiger partial charge is 0.392 e. The maximum Gasteiger partial charge on any atom is 0.241 e. The van der Waals surface area contributed by atoms with Crippen LogP contribution in [-0.4, -0.2) is 39.8 Å². The molecule has 1 aliphatic carbocycles. The van der Waals surface area contributed by atoms with Crippen LogP contribution in [0.3, 0.4) is 0 Å². The number of thiophene rings is 1. The smallest absolute Gasteiger partial charge is 0.241 e. The van der Waals surface area contributed by atoms with E-state index in [1.165, 1.54) is 0 Å². The fourth-order valence-electron chi connectivity index (χ4n) is 2.07. The molecular formula is C13H17N3O2S. The van der Waals surface area contributed by atoms with Gasteiger partial charge in [0.1, 0.15) is 0 Å². The van der Waals surface area contributed by atoms with Crippen molar-refractivity contribution in [3.05, 3.63) is 23.4 Å². The molecule has 0 radical (unpaired) electrons. The highest BCUT2D eigenvalue weighted by atomic mass is 32.1. The van der Waals surface area contributed by atoms with Gasteiger partial charge in [-0.15, -0.1) is 11.3 Å². The molecule has 0 bridgehead atoms. The summed E-state index contributed by atoms with van der Waals surface area (Å²) in [6, 6.07) is 3.94. The van der Waals surface area contributed by atoms with E-state index in [1.54, 1.807) is 11.3 Å². The Morgan fingerprint density at radius 3 is 3.11 bits per heavy atom. The van der Waals surface area contributed by atoms with Crippen molar-refractivity contribution in [1.82, 2.24) is 15.0 Å². The SMILES string of the molecule is CN(Cc1nc(-c2cccs2)no1)CC(O)C1CC1. The summed E-state index contributed by atoms with van der Waals surface area (Å²) in [4.78, 5) is 7.40. The van der Waals surface area contributed by atoms with Crippen LogP contribution in [0.5, 0.6) is 0 Å². The summed E-state index contributed by atoms with van der Waals surface area (Å²) in [5.41, 5.74) is 0. The van der Waals surface area contributed by atoms with E-state index in [-0.39, 0.29) is 6.10 Å². The third-order valence-corrected chi connectivity index (χ3v) is 4.15. The molecule has 1 unspecified atom stereocenters. The van der Waals surface area contributed by atoms with Gasteiger partial charge in [0, 0.05) is 6.54 Å². The number of hydrogen-bond donors (Lipinski definition) is 1. The zero-order chi connectivity index (χ0) is 13.2. The Balaban J connectivity index is 1.57. The van der Waals surface area contributed by atoms with Crippen molar-refractivity contribution in [2.24, 2.45) is 5.92 Å². The Bertz CT molecular complexity index is 522. The van der Waals surface area contributed by atoms with Crippen LogP contribution >= 0.6 is 11.3 Å². The topological polar surface area (TPSA) is 62.4 Å².